The lowest BCUT2D eigenvalue weighted by molar-refractivity contribution is -0.135. The van der Waals surface area contributed by atoms with Crippen LogP contribution in [0.2, 0.25) is 0 Å². The van der Waals surface area contributed by atoms with Gasteiger partial charge in [-0.25, -0.2) is 0 Å². The van der Waals surface area contributed by atoms with Crippen LogP contribution in [0.15, 0.2) is 0 Å². The van der Waals surface area contributed by atoms with Crippen LogP contribution in [0.5, 0.6) is 0 Å². The van der Waals surface area contributed by atoms with Gasteiger partial charge < -0.3 is 9.64 Å². The second-order valence-electron chi connectivity index (χ2n) is 4.94. The first-order chi connectivity index (χ1) is 8.76. The number of amides is 1. The second-order valence-corrected chi connectivity index (χ2v) is 4.94. The number of hydrogen-bond donors (Lipinski definition) is 0. The zero-order valence-corrected chi connectivity index (χ0v) is 12.5. The van der Waals surface area contributed by atoms with Crippen molar-refractivity contribution in [1.82, 2.24) is 4.90 Å². The summed E-state index contributed by atoms with van der Waals surface area (Å²) in [6, 6.07) is 0. The van der Waals surface area contributed by atoms with Crippen LogP contribution in [-0.4, -0.2) is 37.6 Å². The normalized spacial score (nSPS) is 10.6. The van der Waals surface area contributed by atoms with Gasteiger partial charge in [0.05, 0.1) is 0 Å². The van der Waals surface area contributed by atoms with Crippen molar-refractivity contribution in [2.45, 2.75) is 65.2 Å². The Balaban J connectivity index is 3.88. The van der Waals surface area contributed by atoms with E-state index in [9.17, 15) is 4.79 Å². The Bertz CT molecular complexity index is 183. The number of methoxy groups -OCH3 is 1. The van der Waals surface area contributed by atoms with Gasteiger partial charge in [-0.15, -0.1) is 0 Å². The van der Waals surface area contributed by atoms with E-state index >= 15 is 0 Å². The van der Waals surface area contributed by atoms with Crippen LogP contribution in [0.1, 0.15) is 65.2 Å². The Hall–Kier alpha value is -0.570. The fourth-order valence-corrected chi connectivity index (χ4v) is 2.03. The van der Waals surface area contributed by atoms with Gasteiger partial charge in [0, 0.05) is 20.2 Å². The summed E-state index contributed by atoms with van der Waals surface area (Å²) in [5, 5.41) is 0. The van der Waals surface area contributed by atoms with Crippen LogP contribution in [0.3, 0.4) is 0 Å². The molecule has 0 spiro atoms. The third-order valence-corrected chi connectivity index (χ3v) is 3.18. The van der Waals surface area contributed by atoms with Gasteiger partial charge in [-0.1, -0.05) is 52.4 Å². The molecule has 0 unspecified atom stereocenters. The molecule has 0 fully saturated rings. The van der Waals surface area contributed by atoms with E-state index in [4.69, 9.17) is 4.74 Å². The molecule has 0 aliphatic heterocycles. The largest absolute Gasteiger partial charge is 0.375 e. The minimum Gasteiger partial charge on any atom is -0.375 e. The highest BCUT2D eigenvalue weighted by molar-refractivity contribution is 5.77. The third-order valence-electron chi connectivity index (χ3n) is 3.18. The van der Waals surface area contributed by atoms with E-state index in [1.54, 1.807) is 7.11 Å². The van der Waals surface area contributed by atoms with Crippen molar-refractivity contribution in [3.8, 4) is 0 Å². The first kappa shape index (κ1) is 17.4. The first-order valence-electron chi connectivity index (χ1n) is 7.52. The molecule has 3 nitrogen and oxygen atoms in total. The average Bonchev–Trinajstić information content (AvgIpc) is 2.37. The molecule has 0 aromatic heterocycles. The van der Waals surface area contributed by atoms with E-state index in [1.165, 1.54) is 38.5 Å². The van der Waals surface area contributed by atoms with Gasteiger partial charge in [0.15, 0.2) is 0 Å². The Kier molecular flexibility index (Phi) is 12.5. The number of hydrogen-bond acceptors (Lipinski definition) is 2. The molecule has 0 N–H and O–H groups in total. The van der Waals surface area contributed by atoms with Crippen LogP contribution >= 0.6 is 0 Å². The minimum absolute atomic E-state index is 0.144. The highest BCUT2D eigenvalue weighted by Crippen LogP contribution is 2.05. The molecule has 0 aliphatic rings. The van der Waals surface area contributed by atoms with Gasteiger partial charge in [-0.2, -0.15) is 0 Å². The van der Waals surface area contributed by atoms with Crippen LogP contribution in [0, 0.1) is 0 Å². The maximum absolute atomic E-state index is 11.9. The van der Waals surface area contributed by atoms with Crippen molar-refractivity contribution in [2.24, 2.45) is 0 Å². The van der Waals surface area contributed by atoms with E-state index in [2.05, 4.69) is 13.8 Å². The molecular formula is C15H31NO2. The van der Waals surface area contributed by atoms with E-state index in [0.717, 1.165) is 25.9 Å². The van der Waals surface area contributed by atoms with Gasteiger partial charge in [-0.05, 0) is 12.8 Å². The molecule has 0 rings (SSSR count). The number of carbonyl (C=O) groups excluding carboxylic acids is 1. The molecule has 108 valence electrons. The van der Waals surface area contributed by atoms with Gasteiger partial charge in [-0.3, -0.25) is 4.79 Å². The standard InChI is InChI=1S/C15H31NO2/c1-4-6-8-10-12-16(15(17)14-18-3)13-11-9-7-5-2/h4-14H2,1-3H3. The van der Waals surface area contributed by atoms with Crippen molar-refractivity contribution in [3.05, 3.63) is 0 Å². The van der Waals surface area contributed by atoms with Crippen molar-refractivity contribution in [3.63, 3.8) is 0 Å². The first-order valence-corrected chi connectivity index (χ1v) is 7.52. The molecule has 0 aromatic carbocycles. The number of unbranched alkanes of at least 4 members (excludes halogenated alkanes) is 6. The predicted octanol–water partition coefficient (Wildman–Crippen LogP) is 3.62. The van der Waals surface area contributed by atoms with Crippen LogP contribution in [0.25, 0.3) is 0 Å². The SMILES string of the molecule is CCCCCCN(CCCCCC)C(=O)COC. The van der Waals surface area contributed by atoms with E-state index in [1.807, 2.05) is 4.90 Å². The summed E-state index contributed by atoms with van der Waals surface area (Å²) in [7, 11) is 1.59. The fourth-order valence-electron chi connectivity index (χ4n) is 2.03. The quantitative estimate of drug-likeness (QED) is 0.500. The number of rotatable bonds is 12. The molecule has 18 heavy (non-hydrogen) atoms. The van der Waals surface area contributed by atoms with E-state index in [0.29, 0.717) is 0 Å². The van der Waals surface area contributed by atoms with E-state index in [-0.39, 0.29) is 12.5 Å². The molecule has 0 saturated carbocycles. The monoisotopic (exact) mass is 257 g/mol. The molecule has 1 amide bonds. The molecule has 0 atom stereocenters. The number of carbonyl (C=O) groups is 1. The predicted molar refractivity (Wildman–Crippen MR) is 76.7 cm³/mol. The Morgan fingerprint density at radius 2 is 1.39 bits per heavy atom. The van der Waals surface area contributed by atoms with Crippen molar-refractivity contribution in [1.29, 1.82) is 0 Å². The van der Waals surface area contributed by atoms with Crippen LogP contribution < -0.4 is 0 Å². The van der Waals surface area contributed by atoms with Gasteiger partial charge >= 0.3 is 0 Å². The summed E-state index contributed by atoms with van der Waals surface area (Å²) in [6.45, 7) is 6.43. The van der Waals surface area contributed by atoms with Gasteiger partial charge in [0.1, 0.15) is 6.61 Å². The summed E-state index contributed by atoms with van der Waals surface area (Å²) >= 11 is 0. The Morgan fingerprint density at radius 3 is 1.78 bits per heavy atom. The second kappa shape index (κ2) is 12.9. The lowest BCUT2D eigenvalue weighted by Crippen LogP contribution is -2.35. The molecule has 0 radical (unpaired) electrons. The summed E-state index contributed by atoms with van der Waals surface area (Å²) in [4.78, 5) is 13.9. The highest BCUT2D eigenvalue weighted by Gasteiger charge is 2.11. The Morgan fingerprint density at radius 1 is 0.889 bits per heavy atom. The summed E-state index contributed by atoms with van der Waals surface area (Å²) < 4.78 is 4.95. The zero-order chi connectivity index (χ0) is 13.6. The smallest absolute Gasteiger partial charge is 0.248 e. The molecule has 0 aromatic rings. The lowest BCUT2D eigenvalue weighted by Gasteiger charge is -2.22. The summed E-state index contributed by atoms with van der Waals surface area (Å²) in [6.07, 6.45) is 9.70. The molecular weight excluding hydrogens is 226 g/mol. The zero-order valence-electron chi connectivity index (χ0n) is 12.5. The molecule has 0 saturated heterocycles. The fraction of sp³-hybridized carbons (Fsp3) is 0.933. The van der Waals surface area contributed by atoms with Crippen LogP contribution in [-0.2, 0) is 9.53 Å². The van der Waals surface area contributed by atoms with E-state index < -0.39 is 0 Å². The average molecular weight is 257 g/mol. The van der Waals surface area contributed by atoms with Crippen molar-refractivity contribution in [2.75, 3.05) is 26.8 Å². The molecule has 0 bridgehead atoms. The number of ether oxygens (including phenoxy) is 1. The van der Waals surface area contributed by atoms with Gasteiger partial charge in [0.25, 0.3) is 0 Å². The lowest BCUT2D eigenvalue weighted by atomic mass is 10.1. The highest BCUT2D eigenvalue weighted by atomic mass is 16.5. The summed E-state index contributed by atoms with van der Waals surface area (Å²) in [5.74, 6) is 0.144. The topological polar surface area (TPSA) is 29.5 Å². The molecule has 0 heterocycles. The van der Waals surface area contributed by atoms with Crippen molar-refractivity contribution < 1.29 is 9.53 Å². The Labute approximate surface area is 113 Å². The molecule has 3 heteroatoms. The minimum atomic E-state index is 0.144. The maximum Gasteiger partial charge on any atom is 0.248 e. The van der Waals surface area contributed by atoms with Crippen molar-refractivity contribution >= 4 is 5.91 Å². The number of nitrogens with zero attached hydrogens (tertiary/aromatic N) is 1. The summed E-state index contributed by atoms with van der Waals surface area (Å²) in [5.41, 5.74) is 0. The van der Waals surface area contributed by atoms with Crippen LogP contribution in [0.4, 0.5) is 0 Å². The maximum atomic E-state index is 11.9. The van der Waals surface area contributed by atoms with Gasteiger partial charge in [0.2, 0.25) is 5.91 Å². The molecule has 0 aliphatic carbocycles. The third kappa shape index (κ3) is 9.46.